The maximum Gasteiger partial charge on any atom is 0.410 e. The van der Waals surface area contributed by atoms with Gasteiger partial charge in [0.1, 0.15) is 11.9 Å². The Labute approximate surface area is 98.0 Å². The van der Waals surface area contributed by atoms with Crippen LogP contribution in [0.1, 0.15) is 47.5 Å². The fourth-order valence-electron chi connectivity index (χ4n) is 1.23. The highest BCUT2D eigenvalue weighted by atomic mass is 16.6. The third kappa shape index (κ3) is 6.43. The van der Waals surface area contributed by atoms with Gasteiger partial charge >= 0.3 is 6.09 Å². The summed E-state index contributed by atoms with van der Waals surface area (Å²) in [7, 11) is 0. The molecule has 0 unspecified atom stereocenters. The molecular weight excluding hydrogens is 206 g/mol. The molecule has 0 aliphatic heterocycles. The lowest BCUT2D eigenvalue weighted by molar-refractivity contribution is -0.108. The molecule has 0 aromatic rings. The van der Waals surface area contributed by atoms with E-state index >= 15 is 0 Å². The smallest absolute Gasteiger partial charge is 0.410 e. The Morgan fingerprint density at radius 2 is 1.94 bits per heavy atom. The van der Waals surface area contributed by atoms with Gasteiger partial charge < -0.3 is 14.4 Å². The van der Waals surface area contributed by atoms with Crippen molar-refractivity contribution in [2.45, 2.75) is 59.1 Å². The first-order chi connectivity index (χ1) is 7.28. The second kappa shape index (κ2) is 6.51. The zero-order valence-corrected chi connectivity index (χ0v) is 10.9. The van der Waals surface area contributed by atoms with Crippen LogP contribution in [0, 0.1) is 0 Å². The summed E-state index contributed by atoms with van der Waals surface area (Å²) in [6.07, 6.45) is 1.72. The fraction of sp³-hybridized carbons (Fsp3) is 0.833. The second-order valence-electron chi connectivity index (χ2n) is 5.08. The molecule has 0 heterocycles. The molecule has 0 saturated carbocycles. The Hall–Kier alpha value is -1.06. The molecule has 0 atom stereocenters. The normalized spacial score (nSPS) is 11.4. The largest absolute Gasteiger partial charge is 0.444 e. The molecule has 4 nitrogen and oxygen atoms in total. The minimum absolute atomic E-state index is 0.0847. The first-order valence-corrected chi connectivity index (χ1v) is 5.71. The van der Waals surface area contributed by atoms with Crippen molar-refractivity contribution in [1.29, 1.82) is 0 Å². The van der Waals surface area contributed by atoms with Crippen molar-refractivity contribution in [2.75, 3.05) is 6.54 Å². The Morgan fingerprint density at radius 1 is 1.38 bits per heavy atom. The molecule has 94 valence electrons. The van der Waals surface area contributed by atoms with E-state index in [0.717, 1.165) is 6.29 Å². The van der Waals surface area contributed by atoms with Crippen molar-refractivity contribution in [2.24, 2.45) is 0 Å². The maximum atomic E-state index is 11.8. The van der Waals surface area contributed by atoms with Crippen molar-refractivity contribution < 1.29 is 14.3 Å². The molecule has 0 N–H and O–H groups in total. The van der Waals surface area contributed by atoms with Gasteiger partial charge in [-0.05, 0) is 41.0 Å². The van der Waals surface area contributed by atoms with E-state index < -0.39 is 5.60 Å². The van der Waals surface area contributed by atoms with Gasteiger partial charge in [0, 0.05) is 19.0 Å². The van der Waals surface area contributed by atoms with Gasteiger partial charge in [-0.25, -0.2) is 4.79 Å². The third-order valence-electron chi connectivity index (χ3n) is 1.97. The summed E-state index contributed by atoms with van der Waals surface area (Å²) < 4.78 is 5.29. The molecule has 0 aromatic heterocycles. The zero-order chi connectivity index (χ0) is 12.8. The summed E-state index contributed by atoms with van der Waals surface area (Å²) in [5, 5.41) is 0. The molecule has 0 radical (unpaired) electrons. The number of nitrogens with zero attached hydrogens (tertiary/aromatic N) is 1. The summed E-state index contributed by atoms with van der Waals surface area (Å²) in [5.74, 6) is 0. The van der Waals surface area contributed by atoms with Gasteiger partial charge in [0.05, 0.1) is 0 Å². The van der Waals surface area contributed by atoms with Crippen LogP contribution in [0.2, 0.25) is 0 Å². The van der Waals surface area contributed by atoms with Gasteiger partial charge in [-0.2, -0.15) is 0 Å². The average Bonchev–Trinajstić information content (AvgIpc) is 2.08. The number of hydrogen-bond acceptors (Lipinski definition) is 3. The van der Waals surface area contributed by atoms with Crippen molar-refractivity contribution in [3.63, 3.8) is 0 Å². The molecule has 0 aliphatic carbocycles. The minimum Gasteiger partial charge on any atom is -0.444 e. The predicted molar refractivity (Wildman–Crippen MR) is 63.4 cm³/mol. The van der Waals surface area contributed by atoms with Gasteiger partial charge in [0.25, 0.3) is 0 Å². The number of amides is 1. The molecule has 4 heteroatoms. The van der Waals surface area contributed by atoms with E-state index in [1.807, 2.05) is 34.6 Å². The van der Waals surface area contributed by atoms with E-state index in [-0.39, 0.29) is 12.1 Å². The Morgan fingerprint density at radius 3 is 2.31 bits per heavy atom. The van der Waals surface area contributed by atoms with E-state index in [9.17, 15) is 9.59 Å². The second-order valence-corrected chi connectivity index (χ2v) is 5.08. The van der Waals surface area contributed by atoms with Gasteiger partial charge in [-0.15, -0.1) is 0 Å². The van der Waals surface area contributed by atoms with Crippen LogP contribution in [0.15, 0.2) is 0 Å². The van der Waals surface area contributed by atoms with Gasteiger partial charge in [0.2, 0.25) is 0 Å². The van der Waals surface area contributed by atoms with E-state index in [0.29, 0.717) is 19.4 Å². The van der Waals surface area contributed by atoms with Crippen LogP contribution >= 0.6 is 0 Å². The summed E-state index contributed by atoms with van der Waals surface area (Å²) in [5.41, 5.74) is -0.477. The number of carbonyl (C=O) groups is 2. The lowest BCUT2D eigenvalue weighted by Crippen LogP contribution is -2.41. The standard InChI is InChI=1S/C12H23NO3/c1-10(2)13(8-6-7-9-14)11(15)16-12(3,4)5/h9-10H,6-8H2,1-5H3. The average molecular weight is 229 g/mol. The molecule has 0 saturated heterocycles. The van der Waals surface area contributed by atoms with Crippen LogP contribution in [0.5, 0.6) is 0 Å². The minimum atomic E-state index is -0.477. The van der Waals surface area contributed by atoms with E-state index in [1.54, 1.807) is 4.90 Å². The summed E-state index contributed by atoms with van der Waals surface area (Å²) in [6.45, 7) is 9.96. The van der Waals surface area contributed by atoms with Crippen LogP contribution in [-0.4, -0.2) is 35.5 Å². The maximum absolute atomic E-state index is 11.8. The molecule has 0 aromatic carbocycles. The van der Waals surface area contributed by atoms with Crippen LogP contribution in [0.25, 0.3) is 0 Å². The molecule has 0 bridgehead atoms. The number of carbonyl (C=O) groups excluding carboxylic acids is 2. The highest BCUT2D eigenvalue weighted by Crippen LogP contribution is 2.12. The summed E-state index contributed by atoms with van der Waals surface area (Å²) >= 11 is 0. The van der Waals surface area contributed by atoms with Crippen molar-refractivity contribution in [3.05, 3.63) is 0 Å². The fourth-order valence-corrected chi connectivity index (χ4v) is 1.23. The van der Waals surface area contributed by atoms with Gasteiger partial charge in [-0.3, -0.25) is 0 Å². The lowest BCUT2D eigenvalue weighted by Gasteiger charge is -2.29. The molecule has 0 fully saturated rings. The van der Waals surface area contributed by atoms with Crippen molar-refractivity contribution in [3.8, 4) is 0 Å². The number of aldehydes is 1. The number of hydrogen-bond donors (Lipinski definition) is 0. The van der Waals surface area contributed by atoms with Crippen molar-refractivity contribution >= 4 is 12.4 Å². The zero-order valence-electron chi connectivity index (χ0n) is 10.9. The summed E-state index contributed by atoms with van der Waals surface area (Å²) in [6, 6.07) is 0.0847. The first-order valence-electron chi connectivity index (χ1n) is 5.71. The SMILES string of the molecule is CC(C)N(CCCC=O)C(=O)OC(C)(C)C. The lowest BCUT2D eigenvalue weighted by atomic mass is 10.2. The first kappa shape index (κ1) is 14.9. The van der Waals surface area contributed by atoms with Crippen LogP contribution in [-0.2, 0) is 9.53 Å². The highest BCUT2D eigenvalue weighted by molar-refractivity contribution is 5.68. The highest BCUT2D eigenvalue weighted by Gasteiger charge is 2.23. The van der Waals surface area contributed by atoms with E-state index in [4.69, 9.17) is 4.74 Å². The van der Waals surface area contributed by atoms with Crippen LogP contribution < -0.4 is 0 Å². The molecule has 1 amide bonds. The van der Waals surface area contributed by atoms with Gasteiger partial charge in [0.15, 0.2) is 0 Å². The van der Waals surface area contributed by atoms with Gasteiger partial charge in [-0.1, -0.05) is 0 Å². The van der Waals surface area contributed by atoms with Crippen molar-refractivity contribution in [1.82, 2.24) is 4.90 Å². The topological polar surface area (TPSA) is 46.6 Å². The molecule has 0 rings (SSSR count). The molecule has 16 heavy (non-hydrogen) atoms. The van der Waals surface area contributed by atoms with Crippen LogP contribution in [0.3, 0.4) is 0 Å². The number of ether oxygens (including phenoxy) is 1. The molecule has 0 spiro atoms. The third-order valence-corrected chi connectivity index (χ3v) is 1.97. The monoisotopic (exact) mass is 229 g/mol. The Kier molecular flexibility index (Phi) is 6.08. The number of rotatable bonds is 5. The summed E-state index contributed by atoms with van der Waals surface area (Å²) in [4.78, 5) is 23.7. The van der Waals surface area contributed by atoms with Crippen LogP contribution in [0.4, 0.5) is 4.79 Å². The Balaban J connectivity index is 4.30. The molecule has 0 aliphatic rings. The molecular formula is C12H23NO3. The Bertz CT molecular complexity index is 231. The van der Waals surface area contributed by atoms with E-state index in [1.165, 1.54) is 0 Å². The predicted octanol–water partition coefficient (Wildman–Crippen LogP) is 2.61. The quantitative estimate of drug-likeness (QED) is 0.537. The van der Waals surface area contributed by atoms with E-state index in [2.05, 4.69) is 0 Å². The number of unbranched alkanes of at least 4 members (excludes halogenated alkanes) is 1.